The number of anilines is 1. The lowest BCUT2D eigenvalue weighted by atomic mass is 10.1. The van der Waals surface area contributed by atoms with E-state index < -0.39 is 0 Å². The molecule has 3 rings (SSSR count). The van der Waals surface area contributed by atoms with Crippen molar-refractivity contribution < 1.29 is 9.18 Å². The van der Waals surface area contributed by atoms with E-state index in [0.29, 0.717) is 24.6 Å². The van der Waals surface area contributed by atoms with Crippen molar-refractivity contribution in [3.8, 4) is 0 Å². The number of carbonyl (C=O) groups is 1. The van der Waals surface area contributed by atoms with Crippen LogP contribution in [0, 0.1) is 5.82 Å². The molecule has 28 heavy (non-hydrogen) atoms. The Hall–Kier alpha value is -2.50. The number of rotatable bonds is 4. The van der Waals surface area contributed by atoms with Gasteiger partial charge < -0.3 is 9.80 Å². The molecule has 1 aromatic heterocycles. The third-order valence-electron chi connectivity index (χ3n) is 5.06. The first-order chi connectivity index (χ1) is 13.3. The van der Waals surface area contributed by atoms with Crippen LogP contribution in [0.3, 0.4) is 0 Å². The highest BCUT2D eigenvalue weighted by atomic mass is 19.1. The molecule has 1 aromatic carbocycles. The van der Waals surface area contributed by atoms with E-state index in [4.69, 9.17) is 9.97 Å². The van der Waals surface area contributed by atoms with Crippen molar-refractivity contribution in [1.82, 2.24) is 14.9 Å². The van der Waals surface area contributed by atoms with Crippen LogP contribution in [0.15, 0.2) is 30.3 Å². The fourth-order valence-electron chi connectivity index (χ4n) is 3.31. The number of hydrogen-bond acceptors (Lipinski definition) is 4. The summed E-state index contributed by atoms with van der Waals surface area (Å²) in [6.45, 7) is 11.4. The third-order valence-corrected chi connectivity index (χ3v) is 5.06. The van der Waals surface area contributed by atoms with E-state index in [0.717, 1.165) is 36.8 Å². The summed E-state index contributed by atoms with van der Waals surface area (Å²) in [5, 5.41) is 0. The van der Waals surface area contributed by atoms with Gasteiger partial charge in [-0.05, 0) is 36.6 Å². The average Bonchev–Trinajstić information content (AvgIpc) is 2.94. The smallest absolute Gasteiger partial charge is 0.253 e. The summed E-state index contributed by atoms with van der Waals surface area (Å²) in [6.07, 6.45) is 0.866. The van der Waals surface area contributed by atoms with Gasteiger partial charge in [-0.2, -0.15) is 0 Å². The number of benzene rings is 1. The summed E-state index contributed by atoms with van der Waals surface area (Å²) >= 11 is 0. The molecule has 0 N–H and O–H groups in total. The molecule has 6 heteroatoms. The highest BCUT2D eigenvalue weighted by molar-refractivity contribution is 5.94. The largest absolute Gasteiger partial charge is 0.355 e. The van der Waals surface area contributed by atoms with Crippen molar-refractivity contribution in [3.63, 3.8) is 0 Å². The molecule has 1 aliphatic rings. The maximum absolute atomic E-state index is 13.1. The SMILES string of the molecule is CC(C)c1cc(N2CCCN(C(=O)c3ccc(F)cc3)CC2)nc(C(C)C)n1. The van der Waals surface area contributed by atoms with Crippen molar-refractivity contribution in [1.29, 1.82) is 0 Å². The minimum Gasteiger partial charge on any atom is -0.355 e. The number of carbonyl (C=O) groups excluding carboxylic acids is 1. The van der Waals surface area contributed by atoms with Gasteiger partial charge in [-0.3, -0.25) is 4.79 Å². The first kappa shape index (κ1) is 20.2. The van der Waals surface area contributed by atoms with E-state index in [1.165, 1.54) is 12.1 Å². The molecule has 1 saturated heterocycles. The van der Waals surface area contributed by atoms with Gasteiger partial charge in [-0.15, -0.1) is 0 Å². The maximum atomic E-state index is 13.1. The van der Waals surface area contributed by atoms with Crippen LogP contribution in [0.25, 0.3) is 0 Å². The Kier molecular flexibility index (Phi) is 6.27. The van der Waals surface area contributed by atoms with Gasteiger partial charge in [0.25, 0.3) is 5.91 Å². The molecule has 1 aliphatic heterocycles. The number of nitrogens with zero attached hydrogens (tertiary/aromatic N) is 4. The molecular formula is C22H29FN4O. The Morgan fingerprint density at radius 2 is 1.68 bits per heavy atom. The van der Waals surface area contributed by atoms with Crippen LogP contribution >= 0.6 is 0 Å². The fourth-order valence-corrected chi connectivity index (χ4v) is 3.31. The molecule has 1 fully saturated rings. The molecule has 0 saturated carbocycles. The van der Waals surface area contributed by atoms with E-state index in [1.807, 2.05) is 4.90 Å². The monoisotopic (exact) mass is 384 g/mol. The Balaban J connectivity index is 1.76. The van der Waals surface area contributed by atoms with Gasteiger partial charge in [0, 0.05) is 49.4 Å². The standard InChI is InChI=1S/C22H29FN4O/c1-15(2)19-14-20(25-21(24-19)16(3)4)26-10-5-11-27(13-12-26)22(28)17-6-8-18(23)9-7-17/h6-9,14-16H,5,10-13H2,1-4H3. The zero-order chi connectivity index (χ0) is 20.3. The van der Waals surface area contributed by atoms with Crippen LogP contribution in [-0.4, -0.2) is 47.0 Å². The molecule has 2 heterocycles. The maximum Gasteiger partial charge on any atom is 0.253 e. The van der Waals surface area contributed by atoms with Gasteiger partial charge in [0.1, 0.15) is 17.5 Å². The lowest BCUT2D eigenvalue weighted by molar-refractivity contribution is 0.0767. The summed E-state index contributed by atoms with van der Waals surface area (Å²) in [7, 11) is 0. The average molecular weight is 384 g/mol. The second kappa shape index (κ2) is 8.67. The first-order valence-corrected chi connectivity index (χ1v) is 10.0. The molecule has 0 bridgehead atoms. The predicted molar refractivity (Wildman–Crippen MR) is 109 cm³/mol. The second-order valence-corrected chi connectivity index (χ2v) is 7.96. The molecule has 0 aliphatic carbocycles. The normalized spacial score (nSPS) is 15.2. The molecular weight excluding hydrogens is 355 g/mol. The minimum atomic E-state index is -0.329. The summed E-state index contributed by atoms with van der Waals surface area (Å²) in [6, 6.07) is 7.84. The molecule has 2 aromatic rings. The summed E-state index contributed by atoms with van der Waals surface area (Å²) in [4.78, 5) is 26.3. The van der Waals surface area contributed by atoms with Gasteiger partial charge >= 0.3 is 0 Å². The Bertz CT molecular complexity index is 794. The second-order valence-electron chi connectivity index (χ2n) is 7.96. The molecule has 0 spiro atoms. The van der Waals surface area contributed by atoms with Crippen LogP contribution in [0.5, 0.6) is 0 Å². The highest BCUT2D eigenvalue weighted by Crippen LogP contribution is 2.23. The van der Waals surface area contributed by atoms with Crippen molar-refractivity contribution in [3.05, 3.63) is 53.2 Å². The zero-order valence-corrected chi connectivity index (χ0v) is 17.2. The van der Waals surface area contributed by atoms with E-state index in [-0.39, 0.29) is 17.6 Å². The summed E-state index contributed by atoms with van der Waals surface area (Å²) in [5.41, 5.74) is 1.58. The minimum absolute atomic E-state index is 0.0460. The van der Waals surface area contributed by atoms with E-state index in [1.54, 1.807) is 12.1 Å². The molecule has 1 amide bonds. The number of halogens is 1. The lowest BCUT2D eigenvalue weighted by Crippen LogP contribution is -2.35. The topological polar surface area (TPSA) is 49.3 Å². The van der Waals surface area contributed by atoms with Gasteiger partial charge in [0.2, 0.25) is 0 Å². The first-order valence-electron chi connectivity index (χ1n) is 10.0. The van der Waals surface area contributed by atoms with Gasteiger partial charge in [0.15, 0.2) is 0 Å². The van der Waals surface area contributed by atoms with Gasteiger partial charge in [-0.25, -0.2) is 14.4 Å². The molecule has 0 radical (unpaired) electrons. The summed E-state index contributed by atoms with van der Waals surface area (Å²) < 4.78 is 13.1. The molecule has 0 unspecified atom stereocenters. The van der Waals surface area contributed by atoms with Crippen LogP contribution in [0.4, 0.5) is 10.2 Å². The lowest BCUT2D eigenvalue weighted by Gasteiger charge is -2.24. The number of aromatic nitrogens is 2. The molecule has 0 atom stereocenters. The molecule has 5 nitrogen and oxygen atoms in total. The third kappa shape index (κ3) is 4.66. The van der Waals surface area contributed by atoms with Crippen molar-refractivity contribution in [2.45, 2.75) is 46.0 Å². The Morgan fingerprint density at radius 1 is 0.964 bits per heavy atom. The van der Waals surface area contributed by atoms with Crippen molar-refractivity contribution in [2.75, 3.05) is 31.1 Å². The fraction of sp³-hybridized carbons (Fsp3) is 0.500. The van der Waals surface area contributed by atoms with Gasteiger partial charge in [0.05, 0.1) is 0 Å². The Morgan fingerprint density at radius 3 is 2.32 bits per heavy atom. The zero-order valence-electron chi connectivity index (χ0n) is 17.2. The predicted octanol–water partition coefficient (Wildman–Crippen LogP) is 4.22. The van der Waals surface area contributed by atoms with Crippen LogP contribution in [0.1, 0.15) is 67.8 Å². The number of amides is 1. The van der Waals surface area contributed by atoms with Gasteiger partial charge in [-0.1, -0.05) is 27.7 Å². The van der Waals surface area contributed by atoms with E-state index >= 15 is 0 Å². The van der Waals surface area contributed by atoms with Crippen LogP contribution in [0.2, 0.25) is 0 Å². The van der Waals surface area contributed by atoms with Crippen molar-refractivity contribution >= 4 is 11.7 Å². The van der Waals surface area contributed by atoms with Crippen LogP contribution < -0.4 is 4.90 Å². The molecule has 150 valence electrons. The highest BCUT2D eigenvalue weighted by Gasteiger charge is 2.22. The van der Waals surface area contributed by atoms with E-state index in [9.17, 15) is 9.18 Å². The van der Waals surface area contributed by atoms with E-state index in [2.05, 4.69) is 38.7 Å². The quantitative estimate of drug-likeness (QED) is 0.792. The van der Waals surface area contributed by atoms with Crippen molar-refractivity contribution in [2.24, 2.45) is 0 Å². The number of hydrogen-bond donors (Lipinski definition) is 0. The summed E-state index contributed by atoms with van der Waals surface area (Å²) in [5.74, 6) is 2.03. The Labute approximate surface area is 166 Å². The van der Waals surface area contributed by atoms with Crippen LogP contribution in [-0.2, 0) is 0 Å².